The molecular formula is C2H8NNa+2. The van der Waals surface area contributed by atoms with E-state index in [-0.39, 0.29) is 29.6 Å². The molecule has 0 spiro atoms. The number of hydrogen-bond donors (Lipinski definition) is 1. The summed E-state index contributed by atoms with van der Waals surface area (Å²) in [6.07, 6.45) is 0. The van der Waals surface area contributed by atoms with Gasteiger partial charge in [0.2, 0.25) is 0 Å². The van der Waals surface area contributed by atoms with Gasteiger partial charge in [-0.1, -0.05) is 0 Å². The van der Waals surface area contributed by atoms with Crippen LogP contribution >= 0.6 is 0 Å². The Hall–Kier alpha value is 0.960. The van der Waals surface area contributed by atoms with E-state index in [9.17, 15) is 0 Å². The molecule has 1 nitrogen and oxygen atoms in total. The molecule has 0 radical (unpaired) electrons. The van der Waals surface area contributed by atoms with Gasteiger partial charge in [-0.15, -0.1) is 0 Å². The topological polar surface area (TPSA) is 16.6 Å². The molecule has 0 aliphatic carbocycles. The van der Waals surface area contributed by atoms with Gasteiger partial charge in [-0.2, -0.15) is 0 Å². The summed E-state index contributed by atoms with van der Waals surface area (Å²) in [4.78, 5) is 0. The Morgan fingerprint density at radius 3 is 1.25 bits per heavy atom. The molecule has 0 aromatic carbocycles. The first kappa shape index (κ1) is 8.88. The average molecular weight is 69.1 g/mol. The summed E-state index contributed by atoms with van der Waals surface area (Å²) >= 11 is 0. The first-order valence-corrected chi connectivity index (χ1v) is 1.15. The van der Waals surface area contributed by atoms with Crippen LogP contribution in [0.3, 0.4) is 0 Å². The second kappa shape index (κ2) is 9.03. The van der Waals surface area contributed by atoms with Crippen molar-refractivity contribution >= 4 is 0 Å². The first-order valence-electron chi connectivity index (χ1n) is 1.15. The summed E-state index contributed by atoms with van der Waals surface area (Å²) in [5, 5.41) is 2.00. The summed E-state index contributed by atoms with van der Waals surface area (Å²) in [6, 6.07) is 0. The van der Waals surface area contributed by atoms with E-state index in [2.05, 4.69) is 0 Å². The maximum atomic E-state index is 2.00. The van der Waals surface area contributed by atoms with Crippen molar-refractivity contribution in [1.82, 2.24) is 0 Å². The minimum absolute atomic E-state index is 0. The predicted octanol–water partition coefficient (Wildman–Crippen LogP) is -4.19. The van der Waals surface area contributed by atoms with Gasteiger partial charge in [0.05, 0.1) is 14.1 Å². The Balaban J connectivity index is 0. The van der Waals surface area contributed by atoms with Crippen LogP contribution < -0.4 is 34.9 Å². The molecule has 0 aliphatic rings. The predicted molar refractivity (Wildman–Crippen MR) is 13.8 cm³/mol. The summed E-state index contributed by atoms with van der Waals surface area (Å²) in [5.41, 5.74) is 0. The molecule has 0 saturated carbocycles. The van der Waals surface area contributed by atoms with E-state index in [1.807, 2.05) is 19.4 Å². The molecule has 20 valence electrons. The molecule has 0 saturated heterocycles. The zero-order valence-corrected chi connectivity index (χ0v) is 5.58. The van der Waals surface area contributed by atoms with Crippen LogP contribution in [0.15, 0.2) is 0 Å². The average Bonchev–Trinajstić information content (AvgIpc) is 0.918. The third-order valence-electron chi connectivity index (χ3n) is 0. The van der Waals surface area contributed by atoms with E-state index in [1.165, 1.54) is 0 Å². The van der Waals surface area contributed by atoms with Crippen molar-refractivity contribution in [1.29, 1.82) is 0 Å². The van der Waals surface area contributed by atoms with E-state index in [0.29, 0.717) is 0 Å². The van der Waals surface area contributed by atoms with Gasteiger partial charge in [-0.05, 0) is 0 Å². The van der Waals surface area contributed by atoms with Gasteiger partial charge in [-0.3, -0.25) is 0 Å². The Labute approximate surface area is 49.1 Å². The maximum Gasteiger partial charge on any atom is 1.00 e. The molecular weight excluding hydrogens is 61.0 g/mol. The zero-order chi connectivity index (χ0) is 2.71. The van der Waals surface area contributed by atoms with Gasteiger partial charge in [0.15, 0.2) is 0 Å². The van der Waals surface area contributed by atoms with E-state index < -0.39 is 0 Å². The van der Waals surface area contributed by atoms with Crippen molar-refractivity contribution in [3.8, 4) is 0 Å². The van der Waals surface area contributed by atoms with Gasteiger partial charge in [-0.25, -0.2) is 0 Å². The van der Waals surface area contributed by atoms with Crippen molar-refractivity contribution < 1.29 is 34.9 Å². The molecule has 0 amide bonds. The quantitative estimate of drug-likeness (QED) is 0.278. The Morgan fingerprint density at radius 1 is 1.25 bits per heavy atom. The van der Waals surface area contributed by atoms with Crippen molar-refractivity contribution in [2.24, 2.45) is 0 Å². The molecule has 0 rings (SSSR count). The fourth-order valence-corrected chi connectivity index (χ4v) is 0. The second-order valence-electron chi connectivity index (χ2n) is 0.577. The zero-order valence-electron chi connectivity index (χ0n) is 3.58. The molecule has 0 aromatic rings. The third kappa shape index (κ3) is 12.3. The molecule has 0 fully saturated rings. The van der Waals surface area contributed by atoms with E-state index in [4.69, 9.17) is 0 Å². The van der Waals surface area contributed by atoms with Gasteiger partial charge in [0.25, 0.3) is 0 Å². The Morgan fingerprint density at radius 2 is 1.25 bits per heavy atom. The minimum Gasteiger partial charge on any atom is -0.351 e. The molecule has 2 heteroatoms. The van der Waals surface area contributed by atoms with Crippen LogP contribution in [-0.4, -0.2) is 14.1 Å². The van der Waals surface area contributed by atoms with E-state index >= 15 is 0 Å². The fourth-order valence-electron chi connectivity index (χ4n) is 0. The SMILES string of the molecule is C[NH2+]C.[Na+]. The largest absolute Gasteiger partial charge is 1.00 e. The van der Waals surface area contributed by atoms with E-state index in [1.54, 1.807) is 0 Å². The third-order valence-corrected chi connectivity index (χ3v) is 0. The van der Waals surface area contributed by atoms with Crippen LogP contribution in [0.5, 0.6) is 0 Å². The van der Waals surface area contributed by atoms with Crippen LogP contribution in [0.25, 0.3) is 0 Å². The van der Waals surface area contributed by atoms with Gasteiger partial charge < -0.3 is 5.32 Å². The Kier molecular flexibility index (Phi) is 20.0. The molecule has 0 heterocycles. The number of nitrogens with two attached hydrogens (primary N) is 1. The monoisotopic (exact) mass is 69.1 g/mol. The molecule has 2 N–H and O–H groups in total. The number of hydrogen-bond acceptors (Lipinski definition) is 0. The maximum absolute atomic E-state index is 2.00. The molecule has 0 bridgehead atoms. The normalized spacial score (nSPS) is 4.50. The van der Waals surface area contributed by atoms with Gasteiger partial charge >= 0.3 is 29.6 Å². The Bertz CT molecular complexity index is 6.00. The summed E-state index contributed by atoms with van der Waals surface area (Å²) in [7, 11) is 4.00. The van der Waals surface area contributed by atoms with Crippen molar-refractivity contribution in [3.63, 3.8) is 0 Å². The summed E-state index contributed by atoms with van der Waals surface area (Å²) < 4.78 is 0. The first-order chi connectivity index (χ1) is 1.41. The molecule has 4 heavy (non-hydrogen) atoms. The second-order valence-corrected chi connectivity index (χ2v) is 0.577. The van der Waals surface area contributed by atoms with Crippen molar-refractivity contribution in [2.75, 3.05) is 14.1 Å². The minimum atomic E-state index is 0. The van der Waals surface area contributed by atoms with Crippen LogP contribution in [0.2, 0.25) is 0 Å². The van der Waals surface area contributed by atoms with Crippen LogP contribution in [-0.2, 0) is 0 Å². The van der Waals surface area contributed by atoms with Gasteiger partial charge in [0.1, 0.15) is 0 Å². The fraction of sp³-hybridized carbons (Fsp3) is 1.00. The van der Waals surface area contributed by atoms with Crippen molar-refractivity contribution in [2.45, 2.75) is 0 Å². The smallest absolute Gasteiger partial charge is 0.351 e. The molecule has 0 atom stereocenters. The van der Waals surface area contributed by atoms with E-state index in [0.717, 1.165) is 0 Å². The summed E-state index contributed by atoms with van der Waals surface area (Å²) in [6.45, 7) is 0. The van der Waals surface area contributed by atoms with Crippen LogP contribution in [0.1, 0.15) is 0 Å². The molecule has 0 aliphatic heterocycles. The standard InChI is InChI=1S/C2H7N.Na/c1-3-2;/h3H,1-2H3;/q;+1/p+1. The van der Waals surface area contributed by atoms with Gasteiger partial charge in [0, 0.05) is 0 Å². The van der Waals surface area contributed by atoms with Crippen molar-refractivity contribution in [3.05, 3.63) is 0 Å². The molecule has 0 aromatic heterocycles. The summed E-state index contributed by atoms with van der Waals surface area (Å²) in [5.74, 6) is 0. The number of rotatable bonds is 0. The number of quaternary nitrogens is 1. The van der Waals surface area contributed by atoms with Crippen LogP contribution in [0, 0.1) is 0 Å². The van der Waals surface area contributed by atoms with Crippen LogP contribution in [0.4, 0.5) is 0 Å². The molecule has 0 unspecified atom stereocenters.